The van der Waals surface area contributed by atoms with Crippen molar-refractivity contribution in [3.8, 4) is 0 Å². The van der Waals surface area contributed by atoms with Gasteiger partial charge in [-0.2, -0.15) is 12.4 Å². The Morgan fingerprint density at radius 3 is 1.28 bits per heavy atom. The summed E-state index contributed by atoms with van der Waals surface area (Å²) in [5.41, 5.74) is 6.32. The summed E-state index contributed by atoms with van der Waals surface area (Å²) in [6.45, 7) is 6.92. The van der Waals surface area contributed by atoms with Gasteiger partial charge in [0.05, 0.1) is 26.4 Å². The van der Waals surface area contributed by atoms with Crippen LogP contribution in [0.15, 0.2) is 78.4 Å². The van der Waals surface area contributed by atoms with E-state index in [0.717, 1.165) is 33.9 Å². The number of nitrogens with zero attached hydrogens (tertiary/aromatic N) is 2. The fourth-order valence-corrected chi connectivity index (χ4v) is 2.68. The summed E-state index contributed by atoms with van der Waals surface area (Å²) < 4.78 is 18.6. The van der Waals surface area contributed by atoms with Gasteiger partial charge in [-0.05, 0) is 19.9 Å². The predicted molar refractivity (Wildman–Crippen MR) is 139 cm³/mol. The second-order valence-corrected chi connectivity index (χ2v) is 7.13. The van der Waals surface area contributed by atoms with Crippen LogP contribution in [0, 0.1) is 0 Å². The van der Waals surface area contributed by atoms with E-state index in [2.05, 4.69) is 66.6 Å². The largest absolute Gasteiger partial charge is 1.00 e. The normalized spacial score (nSPS) is 15.5. The van der Waals surface area contributed by atoms with Crippen LogP contribution in [0.2, 0.25) is 0 Å². The first-order chi connectivity index (χ1) is 16.6. The minimum Gasteiger partial charge on any atom is -0.664 e. The molecule has 0 saturated heterocycles. The number of allylic oxidation sites excluding steroid dienone is 8. The fourth-order valence-electron chi connectivity index (χ4n) is 2.68. The molecule has 2 aliphatic rings. The molecule has 1 aromatic heterocycles. The minimum absolute atomic E-state index is 0. The van der Waals surface area contributed by atoms with Gasteiger partial charge in [0.15, 0.2) is 0 Å². The summed E-state index contributed by atoms with van der Waals surface area (Å²) >= 11 is 0. The summed E-state index contributed by atoms with van der Waals surface area (Å²) in [6, 6.07) is 6.19. The number of aromatic nitrogens is 1. The molecule has 3 rings (SSSR count). The third kappa shape index (κ3) is 15.3. The summed E-state index contributed by atoms with van der Waals surface area (Å²) in [7, 11) is 6.61. The molecule has 0 spiro atoms. The zero-order valence-corrected chi connectivity index (χ0v) is 27.2. The van der Waals surface area contributed by atoms with Crippen molar-refractivity contribution in [2.24, 2.45) is 0 Å². The molecule has 0 radical (unpaired) electrons. The van der Waals surface area contributed by atoms with Gasteiger partial charge in [-0.15, -0.1) is 11.4 Å². The van der Waals surface area contributed by atoms with Gasteiger partial charge in [-0.25, -0.2) is 4.98 Å². The average Bonchev–Trinajstić information content (AvgIpc) is 2.91. The Bertz CT molecular complexity index is 833. The number of pyridine rings is 1. The standard InChI is InChI=1S/C19H17N3.2C4H10O2.2Na/c1-14(16-8-3-5-12-20-16)18-10-7-11-19(22-18)15(2)17-9-4-6-13-21-17;2*1-5-3-4-6-2;;/h3-13H,1-2H3;2*3-4H2,1-2H3;;/q-2;;;2*+1/p+1/b16-14-,17-15-;;;;. The molecule has 186 valence electrons. The van der Waals surface area contributed by atoms with Gasteiger partial charge < -0.3 is 29.6 Å². The van der Waals surface area contributed by atoms with Crippen molar-refractivity contribution in [3.63, 3.8) is 0 Å². The molecule has 1 N–H and O–H groups in total. The predicted octanol–water partition coefficient (Wildman–Crippen LogP) is -0.556. The summed E-state index contributed by atoms with van der Waals surface area (Å²) in [5, 5.41) is 8.82. The van der Waals surface area contributed by atoms with Gasteiger partial charge in [0.1, 0.15) is 0 Å². The molecule has 0 fully saturated rings. The molecule has 36 heavy (non-hydrogen) atoms. The number of ether oxygens (including phenoxy) is 4. The van der Waals surface area contributed by atoms with Gasteiger partial charge in [0.2, 0.25) is 11.4 Å². The Morgan fingerprint density at radius 1 is 0.639 bits per heavy atom. The maximum Gasteiger partial charge on any atom is 1.00 e. The van der Waals surface area contributed by atoms with Crippen LogP contribution in [0.3, 0.4) is 0 Å². The molecular weight excluding hydrogens is 476 g/mol. The van der Waals surface area contributed by atoms with Crippen LogP contribution in [-0.4, -0.2) is 54.9 Å². The summed E-state index contributed by atoms with van der Waals surface area (Å²) in [4.78, 5) is 3.49. The fraction of sp³-hybridized carbons (Fsp3) is 0.370. The summed E-state index contributed by atoms with van der Waals surface area (Å²) in [6.07, 6.45) is 15.5. The molecule has 0 saturated carbocycles. The zero-order valence-electron chi connectivity index (χ0n) is 23.2. The zero-order chi connectivity index (χ0) is 25.0. The second kappa shape index (κ2) is 24.4. The maximum absolute atomic E-state index is 4.66. The third-order valence-corrected chi connectivity index (χ3v) is 4.68. The number of H-pyrrole nitrogens is 1. The van der Waals surface area contributed by atoms with Crippen LogP contribution in [0.4, 0.5) is 0 Å². The van der Waals surface area contributed by atoms with Crippen molar-refractivity contribution in [2.75, 3.05) is 54.9 Å². The van der Waals surface area contributed by atoms with Crippen LogP contribution >= 0.6 is 0 Å². The molecule has 1 aromatic rings. The monoisotopic (exact) mass is 514 g/mol. The quantitative estimate of drug-likeness (QED) is 0.344. The molecule has 7 nitrogen and oxygen atoms in total. The van der Waals surface area contributed by atoms with E-state index in [4.69, 9.17) is 0 Å². The number of aromatic amines is 1. The van der Waals surface area contributed by atoms with Gasteiger partial charge in [0.25, 0.3) is 0 Å². The minimum atomic E-state index is 0. The average molecular weight is 515 g/mol. The molecule has 9 heteroatoms. The van der Waals surface area contributed by atoms with Crippen molar-refractivity contribution < 1.29 is 83.0 Å². The van der Waals surface area contributed by atoms with E-state index in [1.165, 1.54) is 0 Å². The van der Waals surface area contributed by atoms with E-state index in [-0.39, 0.29) is 59.1 Å². The molecule has 0 unspecified atom stereocenters. The maximum atomic E-state index is 4.66. The molecule has 0 atom stereocenters. The second-order valence-electron chi connectivity index (χ2n) is 7.13. The first kappa shape index (κ1) is 37.2. The summed E-state index contributed by atoms with van der Waals surface area (Å²) in [5.74, 6) is 0. The van der Waals surface area contributed by atoms with E-state index in [1.54, 1.807) is 28.4 Å². The number of methoxy groups -OCH3 is 4. The molecule has 0 amide bonds. The van der Waals surface area contributed by atoms with E-state index >= 15 is 0 Å². The Labute approximate surface area is 261 Å². The van der Waals surface area contributed by atoms with Crippen molar-refractivity contribution in [2.45, 2.75) is 13.8 Å². The van der Waals surface area contributed by atoms with Crippen molar-refractivity contribution in [1.29, 1.82) is 0 Å². The van der Waals surface area contributed by atoms with Crippen molar-refractivity contribution in [3.05, 3.63) is 100 Å². The van der Waals surface area contributed by atoms with E-state index in [0.29, 0.717) is 26.4 Å². The molecule has 0 aliphatic carbocycles. The van der Waals surface area contributed by atoms with Crippen molar-refractivity contribution >= 4 is 11.1 Å². The molecule has 3 heterocycles. The van der Waals surface area contributed by atoms with E-state index in [9.17, 15) is 0 Å². The molecule has 2 aliphatic heterocycles. The van der Waals surface area contributed by atoms with E-state index in [1.807, 2.05) is 48.9 Å². The number of nitrogens with one attached hydrogen (secondary N) is 1. The van der Waals surface area contributed by atoms with Crippen LogP contribution in [0.1, 0.15) is 25.2 Å². The molecular formula is C27H38N3Na2O4+. The number of hydrogen-bond acceptors (Lipinski definition) is 4. The van der Waals surface area contributed by atoms with Crippen LogP contribution in [0.25, 0.3) is 21.8 Å². The first-order valence-corrected chi connectivity index (χ1v) is 11.1. The smallest absolute Gasteiger partial charge is 0.664 e. The SMILES string of the molecule is C/C(=C1\C=CC=C[N-]1)c1cccc(/C(C)=C2/C=CC=C[N-]2)[nH+]1.COCCOC.COCCOC.[Na+].[Na+]. The Morgan fingerprint density at radius 2 is 1.00 bits per heavy atom. The molecule has 0 aromatic carbocycles. The third-order valence-electron chi connectivity index (χ3n) is 4.68. The molecule has 0 bridgehead atoms. The van der Waals surface area contributed by atoms with Gasteiger partial charge in [-0.1, -0.05) is 36.5 Å². The first-order valence-electron chi connectivity index (χ1n) is 11.1. The van der Waals surface area contributed by atoms with Gasteiger partial charge in [-0.3, -0.25) is 0 Å². The topological polar surface area (TPSA) is 79.3 Å². The van der Waals surface area contributed by atoms with Crippen LogP contribution in [0.5, 0.6) is 0 Å². The Kier molecular flexibility index (Phi) is 25.2. The van der Waals surface area contributed by atoms with Crippen LogP contribution in [-0.2, 0) is 18.9 Å². The Balaban J connectivity index is 0. The van der Waals surface area contributed by atoms with Crippen LogP contribution < -0.4 is 64.1 Å². The number of hydrogen-bond donors (Lipinski definition) is 0. The van der Waals surface area contributed by atoms with Crippen molar-refractivity contribution in [1.82, 2.24) is 0 Å². The Hall–Kier alpha value is -0.970. The number of rotatable bonds is 8. The van der Waals surface area contributed by atoms with Gasteiger partial charge in [0, 0.05) is 51.7 Å². The van der Waals surface area contributed by atoms with Gasteiger partial charge >= 0.3 is 59.1 Å². The van der Waals surface area contributed by atoms with E-state index < -0.39 is 0 Å².